The number of nitrogens with two attached hydrogens (primary N) is 1. The summed E-state index contributed by atoms with van der Waals surface area (Å²) in [4.78, 5) is 0. The standard InChI is InChI=1S/C14H18N2/c15-10-2-1-3-11(7-10)16-14-12-8-4-5-9(6-8)13(12)14/h1-3,7-9,12-14,16H,4-6,15H2. The van der Waals surface area contributed by atoms with Crippen LogP contribution < -0.4 is 11.1 Å². The molecule has 4 unspecified atom stereocenters. The van der Waals surface area contributed by atoms with E-state index in [0.29, 0.717) is 0 Å². The molecule has 0 heterocycles. The van der Waals surface area contributed by atoms with Crippen LogP contribution in [-0.2, 0) is 0 Å². The molecule has 3 N–H and O–H groups in total. The normalized spacial score (nSPS) is 43.1. The lowest BCUT2D eigenvalue weighted by molar-refractivity contribution is 0.456. The maximum Gasteiger partial charge on any atom is 0.0363 e. The number of fused-ring (bicyclic) bond motifs is 5. The van der Waals surface area contributed by atoms with Crippen molar-refractivity contribution in [3.05, 3.63) is 24.3 Å². The monoisotopic (exact) mass is 214 g/mol. The van der Waals surface area contributed by atoms with Gasteiger partial charge in [0.2, 0.25) is 0 Å². The Morgan fingerprint density at radius 2 is 1.88 bits per heavy atom. The molecule has 0 aromatic heterocycles. The van der Waals surface area contributed by atoms with Gasteiger partial charge < -0.3 is 11.1 Å². The lowest BCUT2D eigenvalue weighted by Gasteiger charge is -2.12. The van der Waals surface area contributed by atoms with E-state index in [1.54, 1.807) is 0 Å². The number of anilines is 2. The first-order valence-electron chi connectivity index (χ1n) is 6.45. The lowest BCUT2D eigenvalue weighted by Crippen LogP contribution is -2.12. The number of benzene rings is 1. The second-order valence-corrected chi connectivity index (χ2v) is 5.78. The average molecular weight is 214 g/mol. The van der Waals surface area contributed by atoms with Gasteiger partial charge in [-0.2, -0.15) is 0 Å². The topological polar surface area (TPSA) is 38.0 Å². The zero-order valence-electron chi connectivity index (χ0n) is 9.39. The fraction of sp³-hybridized carbons (Fsp3) is 0.571. The van der Waals surface area contributed by atoms with Crippen LogP contribution in [-0.4, -0.2) is 6.04 Å². The van der Waals surface area contributed by atoms with Gasteiger partial charge in [0.15, 0.2) is 0 Å². The Morgan fingerprint density at radius 1 is 1.12 bits per heavy atom. The van der Waals surface area contributed by atoms with E-state index in [1.807, 2.05) is 12.1 Å². The van der Waals surface area contributed by atoms with E-state index >= 15 is 0 Å². The van der Waals surface area contributed by atoms with Gasteiger partial charge in [-0.3, -0.25) is 0 Å². The van der Waals surface area contributed by atoms with Gasteiger partial charge in [0, 0.05) is 17.4 Å². The van der Waals surface area contributed by atoms with Crippen molar-refractivity contribution >= 4 is 11.4 Å². The number of rotatable bonds is 2. The van der Waals surface area contributed by atoms with Crippen LogP contribution in [0.3, 0.4) is 0 Å². The molecule has 0 amide bonds. The molecule has 2 nitrogen and oxygen atoms in total. The summed E-state index contributed by atoms with van der Waals surface area (Å²) in [7, 11) is 0. The summed E-state index contributed by atoms with van der Waals surface area (Å²) in [5, 5.41) is 3.68. The van der Waals surface area contributed by atoms with Crippen molar-refractivity contribution in [1.82, 2.24) is 0 Å². The molecule has 3 aliphatic rings. The van der Waals surface area contributed by atoms with E-state index in [1.165, 1.54) is 24.9 Å². The maximum absolute atomic E-state index is 5.80. The van der Waals surface area contributed by atoms with E-state index in [2.05, 4.69) is 17.4 Å². The van der Waals surface area contributed by atoms with Crippen LogP contribution in [0.4, 0.5) is 11.4 Å². The van der Waals surface area contributed by atoms with Crippen molar-refractivity contribution in [3.8, 4) is 0 Å². The second kappa shape index (κ2) is 2.93. The third-order valence-corrected chi connectivity index (χ3v) is 4.96. The highest BCUT2D eigenvalue weighted by Crippen LogP contribution is 2.66. The van der Waals surface area contributed by atoms with Crippen molar-refractivity contribution < 1.29 is 0 Å². The Kier molecular flexibility index (Phi) is 1.63. The molecule has 16 heavy (non-hydrogen) atoms. The van der Waals surface area contributed by atoms with E-state index < -0.39 is 0 Å². The third-order valence-electron chi connectivity index (χ3n) is 4.96. The highest BCUT2D eigenvalue weighted by molar-refractivity contribution is 5.55. The summed E-state index contributed by atoms with van der Waals surface area (Å²) in [6.45, 7) is 0. The number of nitrogens with one attached hydrogen (secondary N) is 1. The fourth-order valence-corrected chi connectivity index (χ4v) is 4.34. The van der Waals surface area contributed by atoms with Gasteiger partial charge in [0.05, 0.1) is 0 Å². The third kappa shape index (κ3) is 1.13. The van der Waals surface area contributed by atoms with E-state index in [-0.39, 0.29) is 0 Å². The van der Waals surface area contributed by atoms with Crippen molar-refractivity contribution in [2.45, 2.75) is 25.3 Å². The van der Waals surface area contributed by atoms with Gasteiger partial charge in [0.1, 0.15) is 0 Å². The van der Waals surface area contributed by atoms with Gasteiger partial charge in [0.25, 0.3) is 0 Å². The number of nitrogen functional groups attached to an aromatic ring is 1. The smallest absolute Gasteiger partial charge is 0.0363 e. The van der Waals surface area contributed by atoms with Crippen molar-refractivity contribution in [2.24, 2.45) is 23.7 Å². The highest BCUT2D eigenvalue weighted by Gasteiger charge is 2.64. The zero-order valence-corrected chi connectivity index (χ0v) is 9.39. The molecule has 2 heteroatoms. The predicted molar refractivity (Wildman–Crippen MR) is 66.1 cm³/mol. The molecule has 3 aliphatic carbocycles. The molecule has 0 spiro atoms. The van der Waals surface area contributed by atoms with Crippen LogP contribution in [0.25, 0.3) is 0 Å². The minimum absolute atomic E-state index is 0.757. The van der Waals surface area contributed by atoms with Crippen LogP contribution in [0.15, 0.2) is 24.3 Å². The van der Waals surface area contributed by atoms with Crippen LogP contribution >= 0.6 is 0 Å². The van der Waals surface area contributed by atoms with E-state index in [4.69, 9.17) is 5.73 Å². The molecular formula is C14H18N2. The van der Waals surface area contributed by atoms with Crippen LogP contribution in [0.5, 0.6) is 0 Å². The minimum Gasteiger partial charge on any atom is -0.399 e. The first kappa shape index (κ1) is 8.91. The Morgan fingerprint density at radius 3 is 2.56 bits per heavy atom. The maximum atomic E-state index is 5.80. The van der Waals surface area contributed by atoms with Gasteiger partial charge in [-0.05, 0) is 61.1 Å². The summed E-state index contributed by atoms with van der Waals surface area (Å²) < 4.78 is 0. The molecule has 1 aromatic carbocycles. The second-order valence-electron chi connectivity index (χ2n) is 5.78. The first-order chi connectivity index (χ1) is 7.83. The van der Waals surface area contributed by atoms with Gasteiger partial charge >= 0.3 is 0 Å². The summed E-state index contributed by atoms with van der Waals surface area (Å²) in [6.07, 6.45) is 4.49. The Labute approximate surface area is 96.2 Å². The van der Waals surface area contributed by atoms with E-state index in [9.17, 15) is 0 Å². The quantitative estimate of drug-likeness (QED) is 0.743. The molecular weight excluding hydrogens is 196 g/mol. The van der Waals surface area contributed by atoms with Gasteiger partial charge in [-0.15, -0.1) is 0 Å². The van der Waals surface area contributed by atoms with Gasteiger partial charge in [-0.25, -0.2) is 0 Å². The molecule has 1 aromatic rings. The Hall–Kier alpha value is -1.18. The fourth-order valence-electron chi connectivity index (χ4n) is 4.34. The predicted octanol–water partition coefficient (Wildman–Crippen LogP) is 2.73. The summed E-state index contributed by atoms with van der Waals surface area (Å²) in [5.41, 5.74) is 7.86. The summed E-state index contributed by atoms with van der Waals surface area (Å²) in [5.74, 6) is 4.04. The molecule has 2 bridgehead atoms. The van der Waals surface area contributed by atoms with Crippen LogP contribution in [0, 0.1) is 23.7 Å². The van der Waals surface area contributed by atoms with Crippen molar-refractivity contribution in [3.63, 3.8) is 0 Å². The molecule has 4 atom stereocenters. The SMILES string of the molecule is Nc1cccc(NC2C3C4CCC(C4)C23)c1. The first-order valence-corrected chi connectivity index (χ1v) is 6.45. The lowest BCUT2D eigenvalue weighted by atomic mass is 10.0. The zero-order chi connectivity index (χ0) is 10.7. The average Bonchev–Trinajstić information content (AvgIpc) is 2.70. The molecule has 4 rings (SSSR count). The molecule has 3 saturated carbocycles. The van der Waals surface area contributed by atoms with Crippen LogP contribution in [0.1, 0.15) is 19.3 Å². The summed E-state index contributed by atoms with van der Waals surface area (Å²) in [6, 6.07) is 8.92. The molecule has 0 saturated heterocycles. The van der Waals surface area contributed by atoms with E-state index in [0.717, 1.165) is 35.4 Å². The van der Waals surface area contributed by atoms with Crippen molar-refractivity contribution in [2.75, 3.05) is 11.1 Å². The summed E-state index contributed by atoms with van der Waals surface area (Å²) >= 11 is 0. The highest BCUT2D eigenvalue weighted by atomic mass is 15.0. The molecule has 84 valence electrons. The molecule has 0 aliphatic heterocycles. The molecule has 3 fully saturated rings. The minimum atomic E-state index is 0.757. The van der Waals surface area contributed by atoms with Gasteiger partial charge in [-0.1, -0.05) is 6.07 Å². The molecule has 0 radical (unpaired) electrons. The van der Waals surface area contributed by atoms with Crippen LogP contribution in [0.2, 0.25) is 0 Å². The number of hydrogen-bond acceptors (Lipinski definition) is 2. The largest absolute Gasteiger partial charge is 0.399 e. The Balaban J connectivity index is 1.51. The number of hydrogen-bond donors (Lipinski definition) is 2. The Bertz CT molecular complexity index is 412. The van der Waals surface area contributed by atoms with Crippen molar-refractivity contribution in [1.29, 1.82) is 0 Å².